The number of thioether (sulfide) groups is 1. The van der Waals surface area contributed by atoms with E-state index in [1.807, 2.05) is 11.8 Å². The average Bonchev–Trinajstić information content (AvgIpc) is 2.69. The SMILES string of the molecule is CC1(C)CSCC(CO)(NC2CCCC2)C1. The maximum atomic E-state index is 9.76. The van der Waals surface area contributed by atoms with E-state index in [0.29, 0.717) is 18.1 Å². The molecule has 0 aromatic carbocycles. The molecule has 16 heavy (non-hydrogen) atoms. The lowest BCUT2D eigenvalue weighted by Crippen LogP contribution is -2.58. The van der Waals surface area contributed by atoms with Gasteiger partial charge in [-0.3, -0.25) is 0 Å². The summed E-state index contributed by atoms with van der Waals surface area (Å²) < 4.78 is 0. The van der Waals surface area contributed by atoms with E-state index in [1.165, 1.54) is 31.4 Å². The molecule has 1 aliphatic carbocycles. The van der Waals surface area contributed by atoms with Gasteiger partial charge in [-0.05, 0) is 30.4 Å². The van der Waals surface area contributed by atoms with Crippen LogP contribution in [0.3, 0.4) is 0 Å². The summed E-state index contributed by atoms with van der Waals surface area (Å²) in [5.74, 6) is 2.30. The number of aliphatic hydroxyl groups excluding tert-OH is 1. The molecule has 2 aliphatic rings. The predicted molar refractivity (Wildman–Crippen MR) is 70.9 cm³/mol. The van der Waals surface area contributed by atoms with Crippen LogP contribution in [0.1, 0.15) is 46.0 Å². The highest BCUT2D eigenvalue weighted by atomic mass is 32.2. The van der Waals surface area contributed by atoms with Crippen LogP contribution in [-0.4, -0.2) is 34.8 Å². The number of hydrogen-bond acceptors (Lipinski definition) is 3. The summed E-state index contributed by atoms with van der Waals surface area (Å²) in [4.78, 5) is 0. The quantitative estimate of drug-likeness (QED) is 0.798. The Labute approximate surface area is 104 Å². The van der Waals surface area contributed by atoms with E-state index < -0.39 is 0 Å². The van der Waals surface area contributed by atoms with Gasteiger partial charge >= 0.3 is 0 Å². The molecule has 1 unspecified atom stereocenters. The van der Waals surface area contributed by atoms with E-state index in [9.17, 15) is 5.11 Å². The minimum Gasteiger partial charge on any atom is -0.394 e. The van der Waals surface area contributed by atoms with Crippen molar-refractivity contribution >= 4 is 11.8 Å². The van der Waals surface area contributed by atoms with E-state index in [-0.39, 0.29) is 5.54 Å². The van der Waals surface area contributed by atoms with Crippen LogP contribution < -0.4 is 5.32 Å². The summed E-state index contributed by atoms with van der Waals surface area (Å²) in [5, 5.41) is 13.5. The molecule has 0 bridgehead atoms. The molecule has 94 valence electrons. The van der Waals surface area contributed by atoms with Gasteiger partial charge < -0.3 is 10.4 Å². The van der Waals surface area contributed by atoms with Gasteiger partial charge in [0.2, 0.25) is 0 Å². The van der Waals surface area contributed by atoms with Crippen LogP contribution in [0, 0.1) is 5.41 Å². The standard InChI is InChI=1S/C13H25NOS/c1-12(2)7-13(8-15,10-16-9-12)14-11-5-3-4-6-11/h11,14-15H,3-10H2,1-2H3. The number of rotatable bonds is 3. The minimum atomic E-state index is -0.0125. The van der Waals surface area contributed by atoms with Gasteiger partial charge in [-0.1, -0.05) is 26.7 Å². The van der Waals surface area contributed by atoms with E-state index in [4.69, 9.17) is 0 Å². The zero-order valence-corrected chi connectivity index (χ0v) is 11.4. The van der Waals surface area contributed by atoms with Crippen LogP contribution in [0.4, 0.5) is 0 Å². The van der Waals surface area contributed by atoms with Crippen molar-refractivity contribution in [1.82, 2.24) is 5.32 Å². The molecular formula is C13H25NOS. The Morgan fingerprint density at radius 3 is 2.50 bits per heavy atom. The Balaban J connectivity index is 2.00. The van der Waals surface area contributed by atoms with Gasteiger partial charge in [0.1, 0.15) is 0 Å². The molecule has 1 aliphatic heterocycles. The summed E-state index contributed by atoms with van der Waals surface area (Å²) in [7, 11) is 0. The van der Waals surface area contributed by atoms with Crippen molar-refractivity contribution in [2.45, 2.75) is 57.5 Å². The van der Waals surface area contributed by atoms with Crippen molar-refractivity contribution in [3.63, 3.8) is 0 Å². The van der Waals surface area contributed by atoms with Gasteiger partial charge in [0, 0.05) is 11.8 Å². The average molecular weight is 243 g/mol. The van der Waals surface area contributed by atoms with Gasteiger partial charge in [-0.25, -0.2) is 0 Å². The first-order valence-corrected chi connectivity index (χ1v) is 7.67. The molecule has 1 atom stereocenters. The van der Waals surface area contributed by atoms with Gasteiger partial charge in [0.25, 0.3) is 0 Å². The van der Waals surface area contributed by atoms with Crippen molar-refractivity contribution < 1.29 is 5.11 Å². The first-order chi connectivity index (χ1) is 7.55. The highest BCUT2D eigenvalue weighted by molar-refractivity contribution is 7.99. The third kappa shape index (κ3) is 2.93. The second-order valence-corrected chi connectivity index (χ2v) is 7.38. The van der Waals surface area contributed by atoms with Crippen LogP contribution >= 0.6 is 11.8 Å². The largest absolute Gasteiger partial charge is 0.394 e. The van der Waals surface area contributed by atoms with Crippen LogP contribution in [0.25, 0.3) is 0 Å². The lowest BCUT2D eigenvalue weighted by Gasteiger charge is -2.45. The summed E-state index contributed by atoms with van der Waals surface area (Å²) in [6.07, 6.45) is 6.42. The van der Waals surface area contributed by atoms with Crippen LogP contribution in [0.5, 0.6) is 0 Å². The normalized spacial score (nSPS) is 35.4. The monoisotopic (exact) mass is 243 g/mol. The predicted octanol–water partition coefficient (Wildman–Crippen LogP) is 2.41. The molecule has 0 amide bonds. The number of nitrogens with one attached hydrogen (secondary N) is 1. The zero-order chi connectivity index (χ0) is 11.6. The molecule has 3 heteroatoms. The van der Waals surface area contributed by atoms with Crippen LogP contribution in [0.2, 0.25) is 0 Å². The molecule has 0 aromatic heterocycles. The molecule has 2 fully saturated rings. The first-order valence-electron chi connectivity index (χ1n) is 6.52. The van der Waals surface area contributed by atoms with E-state index in [1.54, 1.807) is 0 Å². The Morgan fingerprint density at radius 2 is 1.94 bits per heavy atom. The highest BCUT2D eigenvalue weighted by Crippen LogP contribution is 2.39. The van der Waals surface area contributed by atoms with Gasteiger partial charge in [-0.15, -0.1) is 0 Å². The number of hydrogen-bond donors (Lipinski definition) is 2. The highest BCUT2D eigenvalue weighted by Gasteiger charge is 2.41. The van der Waals surface area contributed by atoms with Gasteiger partial charge in [0.05, 0.1) is 12.1 Å². The van der Waals surface area contributed by atoms with E-state index >= 15 is 0 Å². The molecule has 1 saturated carbocycles. The Bertz CT molecular complexity index is 238. The first kappa shape index (κ1) is 12.7. The molecule has 2 N–H and O–H groups in total. The summed E-state index contributed by atoms with van der Waals surface area (Å²) in [6, 6.07) is 0.654. The van der Waals surface area contributed by atoms with E-state index in [2.05, 4.69) is 19.2 Å². The van der Waals surface area contributed by atoms with Crippen molar-refractivity contribution in [2.75, 3.05) is 18.1 Å². The topological polar surface area (TPSA) is 32.3 Å². The molecule has 0 spiro atoms. The molecule has 0 aromatic rings. The van der Waals surface area contributed by atoms with Gasteiger partial charge in [-0.2, -0.15) is 11.8 Å². The maximum Gasteiger partial charge on any atom is 0.0621 e. The van der Waals surface area contributed by atoms with Crippen LogP contribution in [0.15, 0.2) is 0 Å². The minimum absolute atomic E-state index is 0.0125. The lowest BCUT2D eigenvalue weighted by molar-refractivity contribution is 0.116. The summed E-state index contributed by atoms with van der Waals surface area (Å²) in [6.45, 7) is 4.93. The van der Waals surface area contributed by atoms with Gasteiger partial charge in [0.15, 0.2) is 0 Å². The fraction of sp³-hybridized carbons (Fsp3) is 1.00. The third-order valence-electron chi connectivity index (χ3n) is 3.86. The summed E-state index contributed by atoms with van der Waals surface area (Å²) >= 11 is 1.99. The van der Waals surface area contributed by atoms with Crippen molar-refractivity contribution in [3.8, 4) is 0 Å². The fourth-order valence-electron chi connectivity index (χ4n) is 3.28. The second kappa shape index (κ2) is 4.87. The second-order valence-electron chi connectivity index (χ2n) is 6.40. The zero-order valence-electron chi connectivity index (χ0n) is 10.6. The fourth-order valence-corrected chi connectivity index (χ4v) is 4.71. The Hall–Kier alpha value is 0.270. The Kier molecular flexibility index (Phi) is 3.87. The van der Waals surface area contributed by atoms with Crippen LogP contribution in [-0.2, 0) is 0 Å². The smallest absolute Gasteiger partial charge is 0.0621 e. The lowest BCUT2D eigenvalue weighted by atomic mass is 9.79. The molecule has 2 rings (SSSR count). The molecule has 0 radical (unpaired) electrons. The van der Waals surface area contributed by atoms with Crippen molar-refractivity contribution in [2.24, 2.45) is 5.41 Å². The third-order valence-corrected chi connectivity index (χ3v) is 5.60. The Morgan fingerprint density at radius 1 is 1.25 bits per heavy atom. The molecule has 1 saturated heterocycles. The van der Waals surface area contributed by atoms with E-state index in [0.717, 1.165) is 12.2 Å². The summed E-state index contributed by atoms with van der Waals surface area (Å²) in [5.41, 5.74) is 0.346. The molecule has 1 heterocycles. The maximum absolute atomic E-state index is 9.76. The van der Waals surface area contributed by atoms with Crippen molar-refractivity contribution in [1.29, 1.82) is 0 Å². The van der Waals surface area contributed by atoms with Crippen molar-refractivity contribution in [3.05, 3.63) is 0 Å². The number of aliphatic hydroxyl groups is 1. The molecular weight excluding hydrogens is 218 g/mol. The molecule has 2 nitrogen and oxygen atoms in total.